The molecule has 0 aliphatic carbocycles. The van der Waals surface area contributed by atoms with Gasteiger partial charge in [0.2, 0.25) is 0 Å². The smallest absolute Gasteiger partial charge is 0.307 e. The number of aliphatic carboxylic acids is 1. The van der Waals surface area contributed by atoms with Gasteiger partial charge in [0, 0.05) is 16.3 Å². The molecule has 1 aromatic carbocycles. The van der Waals surface area contributed by atoms with Gasteiger partial charge in [0.1, 0.15) is 0 Å². The van der Waals surface area contributed by atoms with E-state index in [1.54, 1.807) is 0 Å². The molecule has 2 heterocycles. The molecule has 4 heteroatoms. The van der Waals surface area contributed by atoms with Gasteiger partial charge in [-0.05, 0) is 43.5 Å². The van der Waals surface area contributed by atoms with E-state index < -0.39 is 5.97 Å². The Hall–Kier alpha value is -1.65. The van der Waals surface area contributed by atoms with Crippen LogP contribution in [0.1, 0.15) is 41.1 Å². The zero-order valence-electron chi connectivity index (χ0n) is 13.4. The van der Waals surface area contributed by atoms with Gasteiger partial charge in [-0.2, -0.15) is 0 Å². The standard InChI is InChI=1S/C19H23NO2S/c1-2-16-10-11-17(23-16)18(14-7-4-3-5-8-14)20-12-6-9-15(13-20)19(21)22/h3-5,7-8,10-11,15,18H,2,6,9,12-13H2,1H3,(H,21,22). The number of carboxylic acids is 1. The Morgan fingerprint density at radius 2 is 2.09 bits per heavy atom. The summed E-state index contributed by atoms with van der Waals surface area (Å²) in [6.07, 6.45) is 2.79. The maximum atomic E-state index is 11.4. The Morgan fingerprint density at radius 3 is 2.74 bits per heavy atom. The topological polar surface area (TPSA) is 40.5 Å². The monoisotopic (exact) mass is 329 g/mol. The first-order valence-corrected chi connectivity index (χ1v) is 9.11. The maximum Gasteiger partial charge on any atom is 0.307 e. The van der Waals surface area contributed by atoms with E-state index in [9.17, 15) is 9.90 Å². The summed E-state index contributed by atoms with van der Waals surface area (Å²) in [5, 5.41) is 9.40. The molecular formula is C19H23NO2S. The van der Waals surface area contributed by atoms with Crippen molar-refractivity contribution in [3.8, 4) is 0 Å². The summed E-state index contributed by atoms with van der Waals surface area (Å²) in [6.45, 7) is 3.77. The van der Waals surface area contributed by atoms with Crippen molar-refractivity contribution in [3.05, 3.63) is 57.8 Å². The molecule has 0 saturated carbocycles. The van der Waals surface area contributed by atoms with Gasteiger partial charge in [-0.3, -0.25) is 9.69 Å². The van der Waals surface area contributed by atoms with Crippen LogP contribution in [0.5, 0.6) is 0 Å². The molecule has 1 saturated heterocycles. The highest BCUT2D eigenvalue weighted by molar-refractivity contribution is 7.12. The fourth-order valence-corrected chi connectivity index (χ4v) is 4.48. The molecule has 0 amide bonds. The number of benzene rings is 1. The summed E-state index contributed by atoms with van der Waals surface area (Å²) in [5.74, 6) is -0.914. The zero-order valence-corrected chi connectivity index (χ0v) is 14.3. The number of hydrogen-bond donors (Lipinski definition) is 1. The van der Waals surface area contributed by atoms with Crippen molar-refractivity contribution in [1.29, 1.82) is 0 Å². The molecule has 3 rings (SSSR count). The van der Waals surface area contributed by atoms with E-state index in [0.717, 1.165) is 25.8 Å². The van der Waals surface area contributed by atoms with Gasteiger partial charge in [-0.15, -0.1) is 11.3 Å². The molecule has 122 valence electrons. The fraction of sp³-hybridized carbons (Fsp3) is 0.421. The van der Waals surface area contributed by atoms with E-state index in [-0.39, 0.29) is 12.0 Å². The van der Waals surface area contributed by atoms with Gasteiger partial charge < -0.3 is 5.11 Å². The van der Waals surface area contributed by atoms with E-state index in [1.807, 2.05) is 17.4 Å². The molecule has 3 nitrogen and oxygen atoms in total. The van der Waals surface area contributed by atoms with Gasteiger partial charge in [0.05, 0.1) is 12.0 Å². The molecule has 0 radical (unpaired) electrons. The Kier molecular flexibility index (Phi) is 5.13. The van der Waals surface area contributed by atoms with Gasteiger partial charge >= 0.3 is 5.97 Å². The summed E-state index contributed by atoms with van der Waals surface area (Å²) in [4.78, 5) is 16.5. The van der Waals surface area contributed by atoms with E-state index in [1.165, 1.54) is 15.3 Å². The van der Waals surface area contributed by atoms with Crippen molar-refractivity contribution in [2.24, 2.45) is 5.92 Å². The van der Waals surface area contributed by atoms with Crippen LogP contribution < -0.4 is 0 Å². The van der Waals surface area contributed by atoms with E-state index in [0.29, 0.717) is 6.54 Å². The Balaban J connectivity index is 1.93. The Morgan fingerprint density at radius 1 is 1.30 bits per heavy atom. The van der Waals surface area contributed by atoms with Crippen LogP contribution in [0.3, 0.4) is 0 Å². The average molecular weight is 329 g/mol. The lowest BCUT2D eigenvalue weighted by atomic mass is 9.94. The molecule has 2 atom stereocenters. The first kappa shape index (κ1) is 16.2. The fourth-order valence-electron chi connectivity index (χ4n) is 3.36. The van der Waals surface area contributed by atoms with Crippen LogP contribution in [0.15, 0.2) is 42.5 Å². The summed E-state index contributed by atoms with van der Waals surface area (Å²) < 4.78 is 0. The first-order chi connectivity index (χ1) is 11.2. The molecule has 2 unspecified atom stereocenters. The van der Waals surface area contributed by atoms with Gasteiger partial charge in [0.25, 0.3) is 0 Å². The highest BCUT2D eigenvalue weighted by atomic mass is 32.1. The van der Waals surface area contributed by atoms with Crippen molar-refractivity contribution >= 4 is 17.3 Å². The first-order valence-electron chi connectivity index (χ1n) is 8.29. The lowest BCUT2D eigenvalue weighted by molar-refractivity contribution is -0.143. The van der Waals surface area contributed by atoms with Crippen molar-refractivity contribution in [2.45, 2.75) is 32.2 Å². The third kappa shape index (κ3) is 3.65. The lowest BCUT2D eigenvalue weighted by Gasteiger charge is -2.37. The van der Waals surface area contributed by atoms with E-state index >= 15 is 0 Å². The second-order valence-electron chi connectivity index (χ2n) is 6.14. The SMILES string of the molecule is CCc1ccc(C(c2ccccc2)N2CCCC(C(=O)O)C2)s1. The normalized spacial score (nSPS) is 20.3. The van der Waals surface area contributed by atoms with Gasteiger partial charge in [-0.25, -0.2) is 0 Å². The van der Waals surface area contributed by atoms with Crippen LogP contribution in [0.25, 0.3) is 0 Å². The second-order valence-corrected chi connectivity index (χ2v) is 7.34. The molecule has 0 bridgehead atoms. The van der Waals surface area contributed by atoms with Crippen LogP contribution in [-0.4, -0.2) is 29.1 Å². The van der Waals surface area contributed by atoms with Crippen molar-refractivity contribution in [1.82, 2.24) is 4.90 Å². The molecule has 23 heavy (non-hydrogen) atoms. The third-order valence-electron chi connectivity index (χ3n) is 4.58. The van der Waals surface area contributed by atoms with Crippen LogP contribution in [0, 0.1) is 5.92 Å². The predicted octanol–water partition coefficient (Wildman–Crippen LogP) is 4.20. The van der Waals surface area contributed by atoms with Crippen molar-refractivity contribution in [2.75, 3.05) is 13.1 Å². The molecule has 1 aromatic heterocycles. The molecule has 1 N–H and O–H groups in total. The van der Waals surface area contributed by atoms with Gasteiger partial charge in [0.15, 0.2) is 0 Å². The molecule has 2 aromatic rings. The molecular weight excluding hydrogens is 306 g/mol. The minimum absolute atomic E-state index is 0.170. The number of rotatable bonds is 5. The minimum atomic E-state index is -0.665. The quantitative estimate of drug-likeness (QED) is 0.894. The number of likely N-dealkylation sites (tertiary alicyclic amines) is 1. The summed E-state index contributed by atoms with van der Waals surface area (Å²) in [6, 6.07) is 15.1. The molecule has 1 fully saturated rings. The summed E-state index contributed by atoms with van der Waals surface area (Å²) in [5.41, 5.74) is 1.25. The third-order valence-corrected chi connectivity index (χ3v) is 5.86. The second kappa shape index (κ2) is 7.28. The Labute approximate surface area is 141 Å². The lowest BCUT2D eigenvalue weighted by Crippen LogP contribution is -2.41. The summed E-state index contributed by atoms with van der Waals surface area (Å²) >= 11 is 1.85. The van der Waals surface area contributed by atoms with Crippen molar-refractivity contribution in [3.63, 3.8) is 0 Å². The number of hydrogen-bond acceptors (Lipinski definition) is 3. The van der Waals surface area contributed by atoms with E-state index in [4.69, 9.17) is 0 Å². The largest absolute Gasteiger partial charge is 0.481 e. The number of aryl methyl sites for hydroxylation is 1. The Bertz CT molecular complexity index is 652. The zero-order chi connectivity index (χ0) is 16.2. The number of nitrogens with zero attached hydrogens (tertiary/aromatic N) is 1. The van der Waals surface area contributed by atoms with Crippen LogP contribution in [0.4, 0.5) is 0 Å². The molecule has 1 aliphatic rings. The average Bonchev–Trinajstić information content (AvgIpc) is 3.05. The number of thiophene rings is 1. The highest BCUT2D eigenvalue weighted by Gasteiger charge is 2.31. The number of piperidine rings is 1. The number of carboxylic acid groups (broad SMARTS) is 1. The maximum absolute atomic E-state index is 11.4. The van der Waals surface area contributed by atoms with Crippen LogP contribution >= 0.6 is 11.3 Å². The van der Waals surface area contributed by atoms with Crippen LogP contribution in [0.2, 0.25) is 0 Å². The highest BCUT2D eigenvalue weighted by Crippen LogP contribution is 2.36. The molecule has 0 spiro atoms. The summed E-state index contributed by atoms with van der Waals surface area (Å²) in [7, 11) is 0. The molecule has 1 aliphatic heterocycles. The number of carbonyl (C=O) groups is 1. The van der Waals surface area contributed by atoms with Crippen molar-refractivity contribution < 1.29 is 9.90 Å². The predicted molar refractivity (Wildman–Crippen MR) is 93.9 cm³/mol. The minimum Gasteiger partial charge on any atom is -0.481 e. The van der Waals surface area contributed by atoms with Crippen LogP contribution in [-0.2, 0) is 11.2 Å². The van der Waals surface area contributed by atoms with E-state index in [2.05, 4.69) is 48.2 Å². The van der Waals surface area contributed by atoms with Gasteiger partial charge in [-0.1, -0.05) is 37.3 Å².